The van der Waals surface area contributed by atoms with Crippen LogP contribution < -0.4 is 0 Å². The van der Waals surface area contributed by atoms with Gasteiger partial charge in [0.25, 0.3) is 0 Å². The molecule has 1 aliphatic heterocycles. The van der Waals surface area contributed by atoms with E-state index in [1.165, 1.54) is 25.7 Å². The number of aromatic nitrogens is 3. The van der Waals surface area contributed by atoms with Crippen LogP contribution in [0.5, 0.6) is 0 Å². The summed E-state index contributed by atoms with van der Waals surface area (Å²) in [5.74, 6) is 2.52. The van der Waals surface area contributed by atoms with E-state index in [0.717, 1.165) is 44.5 Å². The molecule has 2 aliphatic rings. The summed E-state index contributed by atoms with van der Waals surface area (Å²) in [5, 5.41) is 4.31. The molecule has 1 aromatic rings. The third kappa shape index (κ3) is 4.31. The Morgan fingerprint density at radius 3 is 2.74 bits per heavy atom. The first kappa shape index (κ1) is 16.4. The van der Waals surface area contributed by atoms with Crippen molar-refractivity contribution in [3.8, 4) is 0 Å². The van der Waals surface area contributed by atoms with Crippen LogP contribution in [0.25, 0.3) is 0 Å². The quantitative estimate of drug-likeness (QED) is 0.802. The van der Waals surface area contributed by atoms with Gasteiger partial charge in [-0.3, -0.25) is 9.69 Å². The van der Waals surface area contributed by atoms with Crippen molar-refractivity contribution in [3.05, 3.63) is 12.2 Å². The van der Waals surface area contributed by atoms with E-state index in [4.69, 9.17) is 0 Å². The Bertz CT molecular complexity index is 521. The molecule has 2 fully saturated rings. The molecule has 23 heavy (non-hydrogen) atoms. The molecule has 0 bridgehead atoms. The largest absolute Gasteiger partial charge is 0.340 e. The van der Waals surface area contributed by atoms with Crippen molar-refractivity contribution in [1.82, 2.24) is 24.6 Å². The van der Waals surface area contributed by atoms with Gasteiger partial charge in [0.15, 0.2) is 0 Å². The van der Waals surface area contributed by atoms with E-state index in [0.29, 0.717) is 12.5 Å². The monoisotopic (exact) mass is 319 g/mol. The maximum absolute atomic E-state index is 12.4. The Balaban J connectivity index is 1.51. The molecule has 0 spiro atoms. The molecule has 0 N–H and O–H groups in total. The van der Waals surface area contributed by atoms with Gasteiger partial charge in [0.05, 0.1) is 13.1 Å². The van der Waals surface area contributed by atoms with Gasteiger partial charge in [-0.15, -0.1) is 0 Å². The van der Waals surface area contributed by atoms with Crippen LogP contribution in [0, 0.1) is 11.8 Å². The van der Waals surface area contributed by atoms with Crippen molar-refractivity contribution in [2.75, 3.05) is 26.2 Å². The highest BCUT2D eigenvalue weighted by atomic mass is 16.2. The van der Waals surface area contributed by atoms with Crippen LogP contribution >= 0.6 is 0 Å². The van der Waals surface area contributed by atoms with E-state index < -0.39 is 0 Å². The number of hydrogen-bond acceptors (Lipinski definition) is 4. The van der Waals surface area contributed by atoms with Crippen LogP contribution in [-0.4, -0.2) is 56.7 Å². The number of carbonyl (C=O) groups is 1. The molecule has 1 saturated heterocycles. The minimum absolute atomic E-state index is 0.276. The van der Waals surface area contributed by atoms with E-state index in [2.05, 4.69) is 33.7 Å². The summed E-state index contributed by atoms with van der Waals surface area (Å²) >= 11 is 0. The Morgan fingerprint density at radius 1 is 1.26 bits per heavy atom. The molecule has 3 rings (SSSR count). The lowest BCUT2D eigenvalue weighted by atomic mass is 10.1. The SMILES string of the molecule is CC(C)Cn1ncnc1CN1CCN(CC2CCCC2)C(=O)C1. The molecule has 128 valence electrons. The summed E-state index contributed by atoms with van der Waals surface area (Å²) in [6.07, 6.45) is 6.89. The van der Waals surface area contributed by atoms with Crippen LogP contribution in [0.2, 0.25) is 0 Å². The molecule has 0 aromatic carbocycles. The smallest absolute Gasteiger partial charge is 0.236 e. The fourth-order valence-corrected chi connectivity index (χ4v) is 3.70. The van der Waals surface area contributed by atoms with Crippen LogP contribution in [0.1, 0.15) is 45.4 Å². The number of nitrogens with zero attached hydrogens (tertiary/aromatic N) is 5. The third-order valence-electron chi connectivity index (χ3n) is 4.95. The first-order valence-corrected chi connectivity index (χ1v) is 8.98. The lowest BCUT2D eigenvalue weighted by Crippen LogP contribution is -2.51. The number of piperazine rings is 1. The zero-order valence-electron chi connectivity index (χ0n) is 14.4. The molecule has 6 nitrogen and oxygen atoms in total. The van der Waals surface area contributed by atoms with Crippen molar-refractivity contribution >= 4 is 5.91 Å². The molecule has 0 atom stereocenters. The highest BCUT2D eigenvalue weighted by molar-refractivity contribution is 5.79. The van der Waals surface area contributed by atoms with Gasteiger partial charge >= 0.3 is 0 Å². The zero-order chi connectivity index (χ0) is 16.2. The molecular weight excluding hydrogens is 290 g/mol. The van der Waals surface area contributed by atoms with Gasteiger partial charge in [-0.05, 0) is 24.7 Å². The first-order valence-electron chi connectivity index (χ1n) is 8.98. The lowest BCUT2D eigenvalue weighted by Gasteiger charge is -2.35. The fraction of sp³-hybridized carbons (Fsp3) is 0.824. The third-order valence-corrected chi connectivity index (χ3v) is 4.95. The normalized spacial score (nSPS) is 20.8. The van der Waals surface area contributed by atoms with Gasteiger partial charge < -0.3 is 4.90 Å². The number of amides is 1. The predicted octanol–water partition coefficient (Wildman–Crippen LogP) is 1.77. The van der Waals surface area contributed by atoms with Gasteiger partial charge in [-0.25, -0.2) is 9.67 Å². The number of hydrogen-bond donors (Lipinski definition) is 0. The lowest BCUT2D eigenvalue weighted by molar-refractivity contribution is -0.137. The molecule has 1 aromatic heterocycles. The highest BCUT2D eigenvalue weighted by Crippen LogP contribution is 2.26. The molecule has 6 heteroatoms. The first-order chi connectivity index (χ1) is 11.1. The summed E-state index contributed by atoms with van der Waals surface area (Å²) in [6, 6.07) is 0. The van der Waals surface area contributed by atoms with Gasteiger partial charge in [0, 0.05) is 26.2 Å². The minimum Gasteiger partial charge on any atom is -0.340 e. The van der Waals surface area contributed by atoms with E-state index in [9.17, 15) is 4.79 Å². The van der Waals surface area contributed by atoms with Gasteiger partial charge in [-0.1, -0.05) is 26.7 Å². The highest BCUT2D eigenvalue weighted by Gasteiger charge is 2.27. The topological polar surface area (TPSA) is 54.3 Å². The molecule has 0 unspecified atom stereocenters. The maximum atomic E-state index is 12.4. The zero-order valence-corrected chi connectivity index (χ0v) is 14.4. The van der Waals surface area contributed by atoms with E-state index in [1.54, 1.807) is 6.33 Å². The Labute approximate surface area is 138 Å². The van der Waals surface area contributed by atoms with Crippen molar-refractivity contribution in [2.24, 2.45) is 11.8 Å². The minimum atomic E-state index is 0.276. The molecular formula is C17H29N5O. The molecule has 2 heterocycles. The number of rotatable bonds is 6. The summed E-state index contributed by atoms with van der Waals surface area (Å²) in [6.45, 7) is 9.23. The average molecular weight is 319 g/mol. The summed E-state index contributed by atoms with van der Waals surface area (Å²) in [4.78, 5) is 21.1. The average Bonchev–Trinajstić information content (AvgIpc) is 3.14. The van der Waals surface area contributed by atoms with Crippen molar-refractivity contribution < 1.29 is 4.79 Å². The van der Waals surface area contributed by atoms with Crippen LogP contribution in [0.4, 0.5) is 0 Å². The Hall–Kier alpha value is -1.43. The van der Waals surface area contributed by atoms with E-state index in [1.807, 2.05) is 4.68 Å². The van der Waals surface area contributed by atoms with E-state index in [-0.39, 0.29) is 5.91 Å². The second-order valence-electron chi connectivity index (χ2n) is 7.45. The van der Waals surface area contributed by atoms with Crippen molar-refractivity contribution in [1.29, 1.82) is 0 Å². The number of carbonyl (C=O) groups excluding carboxylic acids is 1. The van der Waals surface area contributed by atoms with Crippen LogP contribution in [0.15, 0.2) is 6.33 Å². The van der Waals surface area contributed by atoms with Crippen LogP contribution in [-0.2, 0) is 17.9 Å². The fourth-order valence-electron chi connectivity index (χ4n) is 3.70. The maximum Gasteiger partial charge on any atom is 0.236 e. The summed E-state index contributed by atoms with van der Waals surface area (Å²) in [7, 11) is 0. The molecule has 1 aliphatic carbocycles. The predicted molar refractivity (Wildman–Crippen MR) is 88.7 cm³/mol. The standard InChI is InChI=1S/C17H29N5O/c1-14(2)9-22-16(18-13-19-22)11-20-7-8-21(17(23)12-20)10-15-5-3-4-6-15/h13-15H,3-12H2,1-2H3. The summed E-state index contributed by atoms with van der Waals surface area (Å²) < 4.78 is 1.97. The second kappa shape index (κ2) is 7.43. The van der Waals surface area contributed by atoms with Gasteiger partial charge in [-0.2, -0.15) is 5.10 Å². The Kier molecular flexibility index (Phi) is 5.30. The summed E-state index contributed by atoms with van der Waals surface area (Å²) in [5.41, 5.74) is 0. The molecule has 0 radical (unpaired) electrons. The van der Waals surface area contributed by atoms with Crippen LogP contribution in [0.3, 0.4) is 0 Å². The van der Waals surface area contributed by atoms with E-state index >= 15 is 0 Å². The Morgan fingerprint density at radius 2 is 2.04 bits per heavy atom. The van der Waals surface area contributed by atoms with Crippen molar-refractivity contribution in [3.63, 3.8) is 0 Å². The van der Waals surface area contributed by atoms with Gasteiger partial charge in [0.2, 0.25) is 5.91 Å². The van der Waals surface area contributed by atoms with Crippen molar-refractivity contribution in [2.45, 2.75) is 52.6 Å². The molecule has 1 amide bonds. The second-order valence-corrected chi connectivity index (χ2v) is 7.45. The van der Waals surface area contributed by atoms with Gasteiger partial charge in [0.1, 0.15) is 12.2 Å². The molecule has 1 saturated carbocycles.